The predicted octanol–water partition coefficient (Wildman–Crippen LogP) is 4.97. The van der Waals surface area contributed by atoms with Crippen LogP contribution in [0.2, 0.25) is 0 Å². The van der Waals surface area contributed by atoms with Gasteiger partial charge in [-0.05, 0) is 60.5 Å². The highest BCUT2D eigenvalue weighted by Crippen LogP contribution is 2.29. The van der Waals surface area contributed by atoms with Crippen molar-refractivity contribution in [2.75, 3.05) is 17.2 Å². The molecule has 0 atom stereocenters. The molecule has 38 heavy (non-hydrogen) atoms. The minimum Gasteiger partial charge on any atom is -0.365 e. The first-order valence-electron chi connectivity index (χ1n) is 12.5. The maximum atomic E-state index is 13.5. The van der Waals surface area contributed by atoms with Crippen LogP contribution in [0.5, 0.6) is 0 Å². The molecule has 4 aromatic rings. The number of benzene rings is 2. The largest absolute Gasteiger partial charge is 0.365 e. The molecule has 3 N–H and O–H groups in total. The molecule has 0 spiro atoms. The van der Waals surface area contributed by atoms with Crippen LogP contribution in [0.25, 0.3) is 5.70 Å². The number of hydrogen-bond acceptors (Lipinski definition) is 4. The summed E-state index contributed by atoms with van der Waals surface area (Å²) in [5.41, 5.74) is 7.58. The number of hydrogen-bond donors (Lipinski definition) is 3. The molecule has 3 heterocycles. The second kappa shape index (κ2) is 10.6. The van der Waals surface area contributed by atoms with Gasteiger partial charge in [0.2, 0.25) is 5.91 Å². The summed E-state index contributed by atoms with van der Waals surface area (Å²) < 4.78 is 1.91. The maximum Gasteiger partial charge on any atom is 0.276 e. The van der Waals surface area contributed by atoms with E-state index in [-0.39, 0.29) is 11.8 Å². The molecule has 8 heteroatoms. The van der Waals surface area contributed by atoms with Crippen molar-refractivity contribution in [3.05, 3.63) is 120 Å². The Hall–Kier alpha value is -4.85. The van der Waals surface area contributed by atoms with Crippen molar-refractivity contribution in [1.29, 1.82) is 0 Å². The zero-order valence-corrected chi connectivity index (χ0v) is 21.3. The number of carbonyl (C=O) groups excluding carboxylic acids is 2. The third kappa shape index (κ3) is 5.29. The van der Waals surface area contributed by atoms with Gasteiger partial charge in [-0.1, -0.05) is 37.4 Å². The van der Waals surface area contributed by atoms with Crippen LogP contribution in [-0.2, 0) is 24.3 Å². The van der Waals surface area contributed by atoms with Crippen LogP contribution in [0.4, 0.5) is 11.4 Å². The number of carbonyl (C=O) groups is 2. The first kappa shape index (κ1) is 24.8. The number of nitrogens with one attached hydrogen (secondary N) is 3. The fraction of sp³-hybridized carbons (Fsp3) is 0.167. The average Bonchev–Trinajstić information content (AvgIpc) is 3.57. The molecule has 0 bridgehead atoms. The third-order valence-corrected chi connectivity index (χ3v) is 6.63. The van der Waals surface area contributed by atoms with Gasteiger partial charge in [-0.2, -0.15) is 5.10 Å². The van der Waals surface area contributed by atoms with Gasteiger partial charge in [0.05, 0.1) is 17.9 Å². The molecule has 0 unspecified atom stereocenters. The van der Waals surface area contributed by atoms with Crippen LogP contribution >= 0.6 is 0 Å². The van der Waals surface area contributed by atoms with Crippen LogP contribution in [0.1, 0.15) is 38.6 Å². The van der Waals surface area contributed by atoms with E-state index in [2.05, 4.69) is 33.7 Å². The molecule has 0 saturated heterocycles. The summed E-state index contributed by atoms with van der Waals surface area (Å²) >= 11 is 0. The molecule has 0 saturated carbocycles. The Bertz CT molecular complexity index is 1520. The minimum atomic E-state index is -0.267. The summed E-state index contributed by atoms with van der Waals surface area (Å²) in [4.78, 5) is 30.6. The highest BCUT2D eigenvalue weighted by atomic mass is 16.2. The molecule has 0 fully saturated rings. The Kier molecular flexibility index (Phi) is 6.95. The number of amides is 2. The van der Waals surface area contributed by atoms with Gasteiger partial charge < -0.3 is 20.5 Å². The van der Waals surface area contributed by atoms with E-state index in [9.17, 15) is 9.59 Å². The van der Waals surface area contributed by atoms with Gasteiger partial charge in [0, 0.05) is 48.3 Å². The van der Waals surface area contributed by atoms with Gasteiger partial charge in [0.15, 0.2) is 5.69 Å². The van der Waals surface area contributed by atoms with E-state index in [1.165, 1.54) is 6.08 Å². The zero-order valence-electron chi connectivity index (χ0n) is 21.3. The topological polar surface area (TPSA) is 95.0 Å². The van der Waals surface area contributed by atoms with Crippen molar-refractivity contribution in [3.8, 4) is 0 Å². The first-order chi connectivity index (χ1) is 18.4. The number of H-pyrrole nitrogens is 1. The Morgan fingerprint density at radius 3 is 2.61 bits per heavy atom. The summed E-state index contributed by atoms with van der Waals surface area (Å²) in [5.74, 6) is -0.513. The Balaban J connectivity index is 1.46. The normalized spacial score (nSPS) is 12.5. The van der Waals surface area contributed by atoms with E-state index in [1.54, 1.807) is 0 Å². The fourth-order valence-electron chi connectivity index (χ4n) is 4.74. The lowest BCUT2D eigenvalue weighted by Gasteiger charge is -2.31. The molecular weight excluding hydrogens is 476 g/mol. The highest BCUT2D eigenvalue weighted by molar-refractivity contribution is 6.04. The van der Waals surface area contributed by atoms with Crippen LogP contribution in [-0.4, -0.2) is 38.0 Å². The van der Waals surface area contributed by atoms with Crippen LogP contribution in [0.15, 0.2) is 86.1 Å². The molecular formula is C30H30N6O2. The van der Waals surface area contributed by atoms with Crippen molar-refractivity contribution in [2.45, 2.75) is 26.4 Å². The molecule has 1 aliphatic rings. The lowest BCUT2D eigenvalue weighted by molar-refractivity contribution is -0.111. The standard InChI is InChI=1S/C30H30N6O2/c1-4-28(37)32-24-11-6-9-22(17-24)18-36-27-13-15-35(21(3)26-12-7-14-31-26)19-25(27)29(34-36)30(38)33-23-10-5-8-20(2)16-23/h4-12,14,16-17,31H,1,3,13,15,18-19H2,2H3,(H,32,37)(H,33,38). The van der Waals surface area contributed by atoms with Gasteiger partial charge >= 0.3 is 0 Å². The second-order valence-electron chi connectivity index (χ2n) is 9.35. The summed E-state index contributed by atoms with van der Waals surface area (Å²) in [5, 5.41) is 10.6. The quantitative estimate of drug-likeness (QED) is 0.294. The summed E-state index contributed by atoms with van der Waals surface area (Å²) in [6.45, 7) is 11.5. The summed E-state index contributed by atoms with van der Waals surface area (Å²) in [6, 6.07) is 19.2. The zero-order chi connectivity index (χ0) is 26.6. The van der Waals surface area contributed by atoms with Crippen molar-refractivity contribution in [1.82, 2.24) is 19.7 Å². The Labute approximate surface area is 221 Å². The lowest BCUT2D eigenvalue weighted by atomic mass is 10.0. The minimum absolute atomic E-state index is 0.245. The number of aromatic amines is 1. The van der Waals surface area contributed by atoms with Gasteiger partial charge in [-0.25, -0.2) is 0 Å². The van der Waals surface area contributed by atoms with E-state index >= 15 is 0 Å². The van der Waals surface area contributed by atoms with Gasteiger partial charge in [-0.3, -0.25) is 14.3 Å². The Morgan fingerprint density at radius 2 is 1.87 bits per heavy atom. The van der Waals surface area contributed by atoms with Crippen molar-refractivity contribution >= 4 is 28.9 Å². The number of nitrogens with zero attached hydrogens (tertiary/aromatic N) is 3. The molecule has 2 aromatic heterocycles. The van der Waals surface area contributed by atoms with E-state index in [0.717, 1.165) is 46.0 Å². The molecule has 5 rings (SSSR count). The predicted molar refractivity (Wildman–Crippen MR) is 150 cm³/mol. The molecule has 2 aromatic carbocycles. The molecule has 1 aliphatic heterocycles. The molecule has 0 aliphatic carbocycles. The van der Waals surface area contributed by atoms with Crippen LogP contribution in [0.3, 0.4) is 0 Å². The third-order valence-electron chi connectivity index (χ3n) is 6.63. The number of rotatable bonds is 8. The molecule has 8 nitrogen and oxygen atoms in total. The summed E-state index contributed by atoms with van der Waals surface area (Å²) in [7, 11) is 0. The number of fused-ring (bicyclic) bond motifs is 1. The molecule has 2 amide bonds. The van der Waals surface area contributed by atoms with E-state index < -0.39 is 0 Å². The van der Waals surface area contributed by atoms with Gasteiger partial charge in [0.25, 0.3) is 5.91 Å². The number of aryl methyl sites for hydroxylation is 1. The van der Waals surface area contributed by atoms with E-state index in [0.29, 0.717) is 30.9 Å². The Morgan fingerprint density at radius 1 is 1.08 bits per heavy atom. The second-order valence-corrected chi connectivity index (χ2v) is 9.35. The van der Waals surface area contributed by atoms with Crippen molar-refractivity contribution < 1.29 is 9.59 Å². The van der Waals surface area contributed by atoms with E-state index in [4.69, 9.17) is 5.10 Å². The number of anilines is 2. The van der Waals surface area contributed by atoms with Gasteiger partial charge in [-0.15, -0.1) is 0 Å². The number of aromatic nitrogens is 3. The smallest absolute Gasteiger partial charge is 0.276 e. The SMILES string of the molecule is C=CC(=O)Nc1cccc(Cn2nc(C(=O)Nc3cccc(C)c3)c3c2CCN(C(=C)c2ccc[nH]2)C3)c1. The first-order valence-corrected chi connectivity index (χ1v) is 12.5. The maximum absolute atomic E-state index is 13.5. The van der Waals surface area contributed by atoms with Crippen molar-refractivity contribution in [2.24, 2.45) is 0 Å². The molecule has 0 radical (unpaired) electrons. The molecule has 192 valence electrons. The van der Waals surface area contributed by atoms with Gasteiger partial charge in [0.1, 0.15) is 0 Å². The average molecular weight is 507 g/mol. The fourth-order valence-corrected chi connectivity index (χ4v) is 4.74. The lowest BCUT2D eigenvalue weighted by Crippen LogP contribution is -2.30. The van der Waals surface area contributed by atoms with Crippen LogP contribution in [0, 0.1) is 6.92 Å². The van der Waals surface area contributed by atoms with E-state index in [1.807, 2.05) is 78.5 Å². The van der Waals surface area contributed by atoms with Crippen molar-refractivity contribution in [3.63, 3.8) is 0 Å². The van der Waals surface area contributed by atoms with Crippen LogP contribution < -0.4 is 10.6 Å². The highest BCUT2D eigenvalue weighted by Gasteiger charge is 2.29. The monoisotopic (exact) mass is 506 g/mol. The summed E-state index contributed by atoms with van der Waals surface area (Å²) in [6.07, 6.45) is 3.83.